The lowest BCUT2D eigenvalue weighted by molar-refractivity contribution is -0.116. The number of amides is 2. The Labute approximate surface area is 177 Å². The third kappa shape index (κ3) is 5.80. The van der Waals surface area contributed by atoms with Crippen LogP contribution < -0.4 is 15.4 Å². The lowest BCUT2D eigenvalue weighted by Crippen LogP contribution is -2.30. The van der Waals surface area contributed by atoms with Crippen LogP contribution in [-0.2, 0) is 14.8 Å². The van der Waals surface area contributed by atoms with Crippen molar-refractivity contribution in [1.82, 2.24) is 9.62 Å². The number of benzene rings is 2. The van der Waals surface area contributed by atoms with Crippen LogP contribution in [0.1, 0.15) is 30.6 Å². The second kappa shape index (κ2) is 10.7. The van der Waals surface area contributed by atoms with Gasteiger partial charge in [-0.1, -0.05) is 32.0 Å². The summed E-state index contributed by atoms with van der Waals surface area (Å²) in [5.74, 6) is -0.303. The molecule has 0 fully saturated rings. The first-order chi connectivity index (χ1) is 14.3. The van der Waals surface area contributed by atoms with Crippen LogP contribution in [0.4, 0.5) is 5.69 Å². The third-order valence-corrected chi connectivity index (χ3v) is 6.51. The van der Waals surface area contributed by atoms with Crippen molar-refractivity contribution < 1.29 is 22.7 Å². The quantitative estimate of drug-likeness (QED) is 0.599. The number of carbonyl (C=O) groups is 2. The number of nitrogens with zero attached hydrogens (tertiary/aromatic N) is 1. The summed E-state index contributed by atoms with van der Waals surface area (Å²) < 4.78 is 32.0. The molecule has 0 aliphatic heterocycles. The van der Waals surface area contributed by atoms with Gasteiger partial charge in [0.05, 0.1) is 17.7 Å². The van der Waals surface area contributed by atoms with E-state index in [1.807, 2.05) is 6.07 Å². The monoisotopic (exact) mass is 433 g/mol. The van der Waals surface area contributed by atoms with Crippen LogP contribution in [0, 0.1) is 0 Å². The Morgan fingerprint density at radius 1 is 1.03 bits per heavy atom. The van der Waals surface area contributed by atoms with E-state index in [-0.39, 0.29) is 35.4 Å². The first-order valence-corrected chi connectivity index (χ1v) is 11.1. The van der Waals surface area contributed by atoms with Gasteiger partial charge in [0.25, 0.3) is 5.91 Å². The highest BCUT2D eigenvalue weighted by atomic mass is 32.2. The molecule has 0 aliphatic rings. The van der Waals surface area contributed by atoms with E-state index in [0.717, 1.165) is 0 Å². The standard InChI is InChI=1S/C21H27N3O5S/c1-4-24(5-2)30(27,28)17-11-12-19(29-3)18(15-17)23-20(25)13-14-22-21(26)16-9-7-6-8-10-16/h6-12,15H,4-5,13-14H2,1-3H3,(H,22,26)(H,23,25). The highest BCUT2D eigenvalue weighted by Gasteiger charge is 2.23. The Hall–Kier alpha value is -2.91. The van der Waals surface area contributed by atoms with Gasteiger partial charge in [-0.05, 0) is 30.3 Å². The minimum atomic E-state index is -3.67. The topological polar surface area (TPSA) is 105 Å². The highest BCUT2D eigenvalue weighted by Crippen LogP contribution is 2.29. The Morgan fingerprint density at radius 3 is 2.30 bits per heavy atom. The van der Waals surface area contributed by atoms with E-state index >= 15 is 0 Å². The minimum absolute atomic E-state index is 0.0226. The lowest BCUT2D eigenvalue weighted by atomic mass is 10.2. The smallest absolute Gasteiger partial charge is 0.251 e. The van der Waals surface area contributed by atoms with Crippen molar-refractivity contribution in [3.8, 4) is 5.75 Å². The maximum atomic E-state index is 12.7. The minimum Gasteiger partial charge on any atom is -0.495 e. The Kier molecular flexibility index (Phi) is 8.37. The van der Waals surface area contributed by atoms with Gasteiger partial charge in [-0.3, -0.25) is 9.59 Å². The van der Waals surface area contributed by atoms with Crippen LogP contribution in [0.25, 0.3) is 0 Å². The molecule has 0 radical (unpaired) electrons. The van der Waals surface area contributed by atoms with E-state index in [2.05, 4.69) is 10.6 Å². The van der Waals surface area contributed by atoms with Crippen molar-refractivity contribution in [2.75, 3.05) is 32.1 Å². The zero-order valence-corrected chi connectivity index (χ0v) is 18.2. The van der Waals surface area contributed by atoms with Crippen LogP contribution in [0.15, 0.2) is 53.4 Å². The van der Waals surface area contributed by atoms with Gasteiger partial charge in [-0.15, -0.1) is 0 Å². The number of anilines is 1. The van der Waals surface area contributed by atoms with Crippen molar-refractivity contribution in [2.45, 2.75) is 25.2 Å². The zero-order valence-electron chi connectivity index (χ0n) is 17.3. The molecule has 30 heavy (non-hydrogen) atoms. The Balaban J connectivity index is 2.05. The van der Waals surface area contributed by atoms with E-state index in [9.17, 15) is 18.0 Å². The molecule has 9 heteroatoms. The van der Waals surface area contributed by atoms with E-state index in [4.69, 9.17) is 4.74 Å². The summed E-state index contributed by atoms with van der Waals surface area (Å²) in [4.78, 5) is 24.4. The molecule has 0 atom stereocenters. The average molecular weight is 434 g/mol. The second-order valence-corrected chi connectivity index (χ2v) is 8.31. The van der Waals surface area contributed by atoms with Crippen LogP contribution in [0.3, 0.4) is 0 Å². The maximum Gasteiger partial charge on any atom is 0.251 e. The number of hydrogen-bond acceptors (Lipinski definition) is 5. The molecule has 0 bridgehead atoms. The molecule has 2 rings (SSSR count). The molecule has 0 unspecified atom stereocenters. The van der Waals surface area contributed by atoms with Crippen LogP contribution >= 0.6 is 0 Å². The number of ether oxygens (including phenoxy) is 1. The van der Waals surface area contributed by atoms with Crippen molar-refractivity contribution in [3.63, 3.8) is 0 Å². The molecule has 0 heterocycles. The third-order valence-electron chi connectivity index (χ3n) is 4.46. The summed E-state index contributed by atoms with van der Waals surface area (Å²) in [6, 6.07) is 13.0. The summed E-state index contributed by atoms with van der Waals surface area (Å²) in [5, 5.41) is 5.34. The highest BCUT2D eigenvalue weighted by molar-refractivity contribution is 7.89. The summed E-state index contributed by atoms with van der Waals surface area (Å²) >= 11 is 0. The molecule has 162 valence electrons. The van der Waals surface area contributed by atoms with Gasteiger partial charge < -0.3 is 15.4 Å². The summed E-state index contributed by atoms with van der Waals surface area (Å²) in [6.07, 6.45) is 0.0226. The molecular formula is C21H27N3O5S. The molecule has 0 saturated carbocycles. The van der Waals surface area contributed by atoms with E-state index < -0.39 is 10.0 Å². The van der Waals surface area contributed by atoms with E-state index in [0.29, 0.717) is 24.4 Å². The van der Waals surface area contributed by atoms with Gasteiger partial charge in [-0.2, -0.15) is 4.31 Å². The van der Waals surface area contributed by atoms with Gasteiger partial charge >= 0.3 is 0 Å². The number of nitrogens with one attached hydrogen (secondary N) is 2. The molecule has 2 aromatic carbocycles. The number of rotatable bonds is 10. The fourth-order valence-electron chi connectivity index (χ4n) is 2.85. The normalized spacial score (nSPS) is 11.2. The number of methoxy groups -OCH3 is 1. The predicted molar refractivity (Wildman–Crippen MR) is 115 cm³/mol. The maximum absolute atomic E-state index is 12.7. The molecule has 2 amide bonds. The van der Waals surface area contributed by atoms with Crippen LogP contribution in [0.5, 0.6) is 5.75 Å². The van der Waals surface area contributed by atoms with Crippen molar-refractivity contribution in [1.29, 1.82) is 0 Å². The number of carbonyl (C=O) groups excluding carboxylic acids is 2. The van der Waals surface area contributed by atoms with Gasteiger partial charge in [-0.25, -0.2) is 8.42 Å². The first-order valence-electron chi connectivity index (χ1n) is 9.64. The molecule has 0 aliphatic carbocycles. The van der Waals surface area contributed by atoms with Crippen LogP contribution in [0.2, 0.25) is 0 Å². The van der Waals surface area contributed by atoms with Crippen LogP contribution in [-0.4, -0.2) is 51.3 Å². The van der Waals surface area contributed by atoms with Crippen molar-refractivity contribution >= 4 is 27.5 Å². The number of sulfonamides is 1. The van der Waals surface area contributed by atoms with Crippen molar-refractivity contribution in [2.24, 2.45) is 0 Å². The zero-order chi connectivity index (χ0) is 22.1. The molecule has 0 saturated heterocycles. The van der Waals surface area contributed by atoms with Crippen molar-refractivity contribution in [3.05, 3.63) is 54.1 Å². The molecule has 8 nitrogen and oxygen atoms in total. The molecular weight excluding hydrogens is 406 g/mol. The predicted octanol–water partition coefficient (Wildman–Crippen LogP) is 2.48. The molecule has 0 aromatic heterocycles. The van der Waals surface area contributed by atoms with E-state index in [1.165, 1.54) is 29.6 Å². The number of hydrogen-bond donors (Lipinski definition) is 2. The van der Waals surface area contributed by atoms with Gasteiger partial charge in [0.1, 0.15) is 5.75 Å². The summed E-state index contributed by atoms with van der Waals surface area (Å²) in [6.45, 7) is 4.34. The van der Waals surface area contributed by atoms with Gasteiger partial charge in [0, 0.05) is 31.6 Å². The second-order valence-electron chi connectivity index (χ2n) is 6.37. The fraction of sp³-hybridized carbons (Fsp3) is 0.333. The average Bonchev–Trinajstić information content (AvgIpc) is 2.74. The van der Waals surface area contributed by atoms with E-state index in [1.54, 1.807) is 38.1 Å². The molecule has 2 N–H and O–H groups in total. The Morgan fingerprint density at radius 2 is 1.70 bits per heavy atom. The largest absolute Gasteiger partial charge is 0.495 e. The van der Waals surface area contributed by atoms with Gasteiger partial charge in [0.15, 0.2) is 0 Å². The molecule has 2 aromatic rings. The fourth-order valence-corrected chi connectivity index (χ4v) is 4.34. The Bertz CT molecular complexity index is 973. The first kappa shape index (κ1) is 23.4. The summed E-state index contributed by atoms with van der Waals surface area (Å²) in [7, 11) is -2.24. The summed E-state index contributed by atoms with van der Waals surface area (Å²) in [5.41, 5.74) is 0.763. The molecule has 0 spiro atoms. The lowest BCUT2D eigenvalue weighted by Gasteiger charge is -2.19. The van der Waals surface area contributed by atoms with Gasteiger partial charge in [0.2, 0.25) is 15.9 Å². The SMILES string of the molecule is CCN(CC)S(=O)(=O)c1ccc(OC)c(NC(=O)CCNC(=O)c2ccccc2)c1.